The van der Waals surface area contributed by atoms with Gasteiger partial charge in [-0.3, -0.25) is 4.79 Å². The molecule has 0 fully saturated rings. The van der Waals surface area contributed by atoms with Crippen molar-refractivity contribution in [3.05, 3.63) is 36.1 Å². The van der Waals surface area contributed by atoms with E-state index in [4.69, 9.17) is 9.84 Å². The topological polar surface area (TPSA) is 46.5 Å². The largest absolute Gasteiger partial charge is 0.418 e. The van der Waals surface area contributed by atoms with Crippen molar-refractivity contribution in [1.29, 1.82) is 0 Å². The van der Waals surface area contributed by atoms with Gasteiger partial charge in [-0.25, -0.2) is 0 Å². The minimum atomic E-state index is -0.390. The van der Waals surface area contributed by atoms with Crippen LogP contribution in [0.1, 0.15) is 52.4 Å². The first-order valence-corrected chi connectivity index (χ1v) is 7.99. The molecule has 0 amide bonds. The van der Waals surface area contributed by atoms with Crippen LogP contribution in [-0.2, 0) is 9.53 Å². The van der Waals surface area contributed by atoms with Gasteiger partial charge in [0.15, 0.2) is 5.76 Å². The summed E-state index contributed by atoms with van der Waals surface area (Å²) in [6.45, 7) is 3.59. The lowest BCUT2D eigenvalue weighted by molar-refractivity contribution is -0.136. The van der Waals surface area contributed by atoms with E-state index in [0.717, 1.165) is 25.7 Å². The number of unbranched alkanes of at least 4 members (excludes halogenated alkanes) is 2. The standard InChI is InChI=1S/C20H26O3/c1-3-4-5-6-7-8-10-13-16-20(23-19(2)22)17-14-11-9-12-15-18-21/h4-5,7-8,16,21H,3,6,10,12-13,15,18H2,1-2H3/b5-4-,8-7-,20-16+. The fourth-order valence-electron chi connectivity index (χ4n) is 1.51. The summed E-state index contributed by atoms with van der Waals surface area (Å²) in [7, 11) is 0. The van der Waals surface area contributed by atoms with Crippen molar-refractivity contribution in [2.75, 3.05) is 6.61 Å². The lowest BCUT2D eigenvalue weighted by atomic mass is 10.2. The molecule has 0 rings (SSSR count). The maximum Gasteiger partial charge on any atom is 0.308 e. The zero-order valence-corrected chi connectivity index (χ0v) is 14.1. The average Bonchev–Trinajstić information content (AvgIpc) is 2.52. The number of carbonyl (C=O) groups excluding carboxylic acids is 1. The van der Waals surface area contributed by atoms with E-state index in [1.807, 2.05) is 0 Å². The Morgan fingerprint density at radius 1 is 1.13 bits per heavy atom. The molecule has 0 unspecified atom stereocenters. The van der Waals surface area contributed by atoms with Crippen molar-refractivity contribution in [3.63, 3.8) is 0 Å². The molecule has 0 aliphatic carbocycles. The van der Waals surface area contributed by atoms with Crippen LogP contribution in [0.15, 0.2) is 36.1 Å². The Bertz CT molecular complexity index is 531. The third-order valence-electron chi connectivity index (χ3n) is 2.55. The molecule has 0 saturated heterocycles. The summed E-state index contributed by atoms with van der Waals surface area (Å²) in [5.41, 5.74) is 0. The smallest absolute Gasteiger partial charge is 0.308 e. The van der Waals surface area contributed by atoms with Gasteiger partial charge in [-0.1, -0.05) is 37.1 Å². The predicted octanol–water partition coefficient (Wildman–Crippen LogP) is 3.91. The van der Waals surface area contributed by atoms with Crippen LogP contribution >= 0.6 is 0 Å². The average molecular weight is 314 g/mol. The lowest BCUT2D eigenvalue weighted by Crippen LogP contribution is -1.97. The summed E-state index contributed by atoms with van der Waals surface area (Å²) in [6, 6.07) is 0. The predicted molar refractivity (Wildman–Crippen MR) is 94.1 cm³/mol. The van der Waals surface area contributed by atoms with Crippen molar-refractivity contribution < 1.29 is 14.6 Å². The molecule has 0 radical (unpaired) electrons. The molecule has 0 aliphatic heterocycles. The molecule has 0 spiro atoms. The number of ether oxygens (including phenoxy) is 1. The molecule has 23 heavy (non-hydrogen) atoms. The lowest BCUT2D eigenvalue weighted by Gasteiger charge is -1.98. The molecule has 0 aromatic carbocycles. The van der Waals surface area contributed by atoms with Gasteiger partial charge < -0.3 is 9.84 Å². The first-order chi connectivity index (χ1) is 11.2. The molecular formula is C20H26O3. The van der Waals surface area contributed by atoms with E-state index in [1.165, 1.54) is 6.92 Å². The Hall–Kier alpha value is -2.23. The maximum atomic E-state index is 11.0. The highest BCUT2D eigenvalue weighted by atomic mass is 16.5. The van der Waals surface area contributed by atoms with Crippen LogP contribution in [0.5, 0.6) is 0 Å². The second kappa shape index (κ2) is 16.1. The monoisotopic (exact) mass is 314 g/mol. The van der Waals surface area contributed by atoms with E-state index in [0.29, 0.717) is 18.6 Å². The Balaban J connectivity index is 4.36. The molecule has 3 nitrogen and oxygen atoms in total. The van der Waals surface area contributed by atoms with E-state index < -0.39 is 0 Å². The molecule has 0 aliphatic rings. The summed E-state index contributed by atoms with van der Waals surface area (Å²) < 4.78 is 5.04. The Morgan fingerprint density at radius 2 is 1.91 bits per heavy atom. The Labute approximate surface area is 140 Å². The maximum absolute atomic E-state index is 11.0. The minimum Gasteiger partial charge on any atom is -0.418 e. The van der Waals surface area contributed by atoms with Gasteiger partial charge in [0.2, 0.25) is 0 Å². The molecule has 0 aromatic heterocycles. The summed E-state index contributed by atoms with van der Waals surface area (Å²) >= 11 is 0. The van der Waals surface area contributed by atoms with Crippen LogP contribution in [0.2, 0.25) is 0 Å². The van der Waals surface area contributed by atoms with Crippen LogP contribution in [0.4, 0.5) is 0 Å². The molecule has 0 aromatic rings. The molecule has 0 bridgehead atoms. The molecule has 1 N–H and O–H groups in total. The number of allylic oxidation sites excluding steroid dienone is 6. The van der Waals surface area contributed by atoms with Crippen LogP contribution in [-0.4, -0.2) is 17.7 Å². The normalized spacial score (nSPS) is 11.0. The number of hydrogen-bond acceptors (Lipinski definition) is 3. The highest BCUT2D eigenvalue weighted by Gasteiger charge is 1.97. The van der Waals surface area contributed by atoms with Gasteiger partial charge in [0.05, 0.1) is 0 Å². The van der Waals surface area contributed by atoms with Crippen molar-refractivity contribution in [2.24, 2.45) is 0 Å². The Kier molecular flexibility index (Phi) is 14.6. The zero-order valence-electron chi connectivity index (χ0n) is 14.1. The number of carbonyl (C=O) groups is 1. The van der Waals surface area contributed by atoms with Crippen molar-refractivity contribution in [2.45, 2.75) is 52.4 Å². The van der Waals surface area contributed by atoms with Crippen molar-refractivity contribution >= 4 is 5.97 Å². The van der Waals surface area contributed by atoms with Crippen LogP contribution in [0.25, 0.3) is 0 Å². The second-order valence-corrected chi connectivity index (χ2v) is 4.71. The third kappa shape index (κ3) is 16.0. The van der Waals surface area contributed by atoms with E-state index in [1.54, 1.807) is 6.08 Å². The zero-order chi connectivity index (χ0) is 17.2. The van der Waals surface area contributed by atoms with E-state index in [-0.39, 0.29) is 12.6 Å². The van der Waals surface area contributed by atoms with Crippen LogP contribution in [0.3, 0.4) is 0 Å². The van der Waals surface area contributed by atoms with Gasteiger partial charge in [-0.2, -0.15) is 0 Å². The van der Waals surface area contributed by atoms with Crippen LogP contribution < -0.4 is 0 Å². The summed E-state index contributed by atoms with van der Waals surface area (Å²) in [5.74, 6) is 10.9. The quantitative estimate of drug-likeness (QED) is 0.231. The van der Waals surface area contributed by atoms with Crippen molar-refractivity contribution in [3.8, 4) is 23.7 Å². The molecule has 124 valence electrons. The fraction of sp³-hybridized carbons (Fsp3) is 0.450. The molecule has 3 heteroatoms. The summed E-state index contributed by atoms with van der Waals surface area (Å²) in [6.07, 6.45) is 15.2. The Morgan fingerprint density at radius 3 is 2.61 bits per heavy atom. The van der Waals surface area contributed by atoms with Gasteiger partial charge in [0.1, 0.15) is 0 Å². The number of aliphatic hydroxyl groups excluding tert-OH is 1. The number of aliphatic hydroxyl groups is 1. The number of rotatable bonds is 9. The third-order valence-corrected chi connectivity index (χ3v) is 2.55. The second-order valence-electron chi connectivity index (χ2n) is 4.71. The van der Waals surface area contributed by atoms with E-state index >= 15 is 0 Å². The summed E-state index contributed by atoms with van der Waals surface area (Å²) in [4.78, 5) is 11.0. The highest BCUT2D eigenvalue weighted by Crippen LogP contribution is 2.02. The SMILES string of the molecule is CC/C=C\C/C=C\CC/C=C(\C#CC#CCCCO)OC(C)=O. The van der Waals surface area contributed by atoms with E-state index in [9.17, 15) is 4.79 Å². The first-order valence-electron chi connectivity index (χ1n) is 7.99. The molecule has 0 heterocycles. The van der Waals surface area contributed by atoms with Gasteiger partial charge in [-0.15, -0.1) is 0 Å². The van der Waals surface area contributed by atoms with Gasteiger partial charge in [0, 0.05) is 20.0 Å². The molecule has 0 saturated carbocycles. The summed E-state index contributed by atoms with van der Waals surface area (Å²) in [5, 5.41) is 8.63. The van der Waals surface area contributed by atoms with Crippen molar-refractivity contribution in [1.82, 2.24) is 0 Å². The van der Waals surface area contributed by atoms with E-state index in [2.05, 4.69) is 54.9 Å². The van der Waals surface area contributed by atoms with Gasteiger partial charge in [-0.05, 0) is 55.9 Å². The number of hydrogen-bond donors (Lipinski definition) is 1. The van der Waals surface area contributed by atoms with Gasteiger partial charge >= 0.3 is 5.97 Å². The fourth-order valence-corrected chi connectivity index (χ4v) is 1.51. The van der Waals surface area contributed by atoms with Crippen LogP contribution in [0, 0.1) is 23.7 Å². The molecular weight excluding hydrogens is 288 g/mol. The first kappa shape index (κ1) is 20.8. The number of esters is 1. The highest BCUT2D eigenvalue weighted by molar-refractivity contribution is 5.68. The minimum absolute atomic E-state index is 0.127. The van der Waals surface area contributed by atoms with Gasteiger partial charge in [0.25, 0.3) is 0 Å². The molecule has 0 atom stereocenters.